The molecule has 0 saturated carbocycles. The van der Waals surface area contributed by atoms with Gasteiger partial charge in [-0.2, -0.15) is 5.10 Å². The van der Waals surface area contributed by atoms with Crippen LogP contribution in [0.1, 0.15) is 46.0 Å². The van der Waals surface area contributed by atoms with Crippen LogP contribution in [0.5, 0.6) is 0 Å². The summed E-state index contributed by atoms with van der Waals surface area (Å²) in [6.07, 6.45) is 1.83. The first-order chi connectivity index (χ1) is 17.0. The number of carbonyl (C=O) groups excluding carboxylic acids is 2. The molecule has 0 aliphatic heterocycles. The van der Waals surface area contributed by atoms with E-state index in [2.05, 4.69) is 4.98 Å². The summed E-state index contributed by atoms with van der Waals surface area (Å²) in [6, 6.07) is 19.3. The van der Waals surface area contributed by atoms with E-state index >= 15 is 0 Å². The van der Waals surface area contributed by atoms with Crippen molar-refractivity contribution in [2.45, 2.75) is 27.7 Å². The first kappa shape index (κ1) is 23.9. The lowest BCUT2D eigenvalue weighted by molar-refractivity contribution is 0.0525. The summed E-state index contributed by atoms with van der Waals surface area (Å²) in [4.78, 5) is 30.9. The van der Waals surface area contributed by atoms with Gasteiger partial charge in [-0.15, -0.1) is 0 Å². The number of hydrogen-bond donors (Lipinski definition) is 0. The number of para-hydroxylation sites is 1. The lowest BCUT2D eigenvalue weighted by Gasteiger charge is -2.17. The van der Waals surface area contributed by atoms with Crippen molar-refractivity contribution >= 4 is 11.9 Å². The van der Waals surface area contributed by atoms with Crippen LogP contribution in [-0.2, 0) is 9.47 Å². The topological polar surface area (TPSA) is 83.3 Å². The third kappa shape index (κ3) is 4.71. The van der Waals surface area contributed by atoms with Gasteiger partial charge in [-0.05, 0) is 39.8 Å². The molecule has 7 heteroatoms. The number of pyridine rings is 1. The third-order valence-corrected chi connectivity index (χ3v) is 5.57. The molecule has 0 aliphatic rings. The first-order valence-electron chi connectivity index (χ1n) is 11.5. The van der Waals surface area contributed by atoms with Crippen molar-refractivity contribution in [3.8, 4) is 28.1 Å². The second kappa shape index (κ2) is 10.3. The van der Waals surface area contributed by atoms with Crippen molar-refractivity contribution in [3.05, 3.63) is 89.4 Å². The second-order valence-corrected chi connectivity index (χ2v) is 7.89. The van der Waals surface area contributed by atoms with Gasteiger partial charge in [0.15, 0.2) is 0 Å². The van der Waals surface area contributed by atoms with Gasteiger partial charge in [0.1, 0.15) is 5.69 Å². The Morgan fingerprint density at radius 1 is 0.800 bits per heavy atom. The molecule has 0 aliphatic carbocycles. The molecule has 2 aromatic carbocycles. The monoisotopic (exact) mass is 469 g/mol. The van der Waals surface area contributed by atoms with Gasteiger partial charge in [-0.25, -0.2) is 14.3 Å². The predicted octanol–water partition coefficient (Wildman–Crippen LogP) is 5.57. The maximum atomic E-state index is 13.2. The molecular formula is C28H27N3O4. The van der Waals surface area contributed by atoms with Crippen LogP contribution < -0.4 is 0 Å². The molecule has 0 spiro atoms. The molecular weight excluding hydrogens is 442 g/mol. The fourth-order valence-electron chi connectivity index (χ4n) is 4.10. The lowest BCUT2D eigenvalue weighted by Crippen LogP contribution is -2.17. The predicted molar refractivity (Wildman–Crippen MR) is 134 cm³/mol. The van der Waals surface area contributed by atoms with Gasteiger partial charge >= 0.3 is 11.9 Å². The first-order valence-corrected chi connectivity index (χ1v) is 11.5. The van der Waals surface area contributed by atoms with Gasteiger partial charge in [0.2, 0.25) is 0 Å². The van der Waals surface area contributed by atoms with Gasteiger partial charge < -0.3 is 9.47 Å². The molecule has 0 unspecified atom stereocenters. The fourth-order valence-corrected chi connectivity index (χ4v) is 4.10. The quantitative estimate of drug-likeness (QED) is 0.329. The number of aromatic nitrogens is 3. The molecule has 0 radical (unpaired) electrons. The van der Waals surface area contributed by atoms with Crippen molar-refractivity contribution in [1.82, 2.24) is 14.8 Å². The molecule has 7 nitrogen and oxygen atoms in total. The SMILES string of the molecule is CCOC(=O)c1c(C)nc(C)c(C(=O)OCC)c1-c1cn(-c2ccccc2)nc1-c1ccccc1. The van der Waals surface area contributed by atoms with E-state index in [-0.39, 0.29) is 24.3 Å². The number of nitrogens with zero attached hydrogens (tertiary/aromatic N) is 3. The van der Waals surface area contributed by atoms with Gasteiger partial charge in [0.05, 0.1) is 41.4 Å². The number of aryl methyl sites for hydroxylation is 2. The zero-order valence-electron chi connectivity index (χ0n) is 20.2. The summed E-state index contributed by atoms with van der Waals surface area (Å²) in [5, 5.41) is 4.87. The minimum absolute atomic E-state index is 0.190. The summed E-state index contributed by atoms with van der Waals surface area (Å²) in [5.74, 6) is -1.10. The van der Waals surface area contributed by atoms with E-state index in [0.717, 1.165) is 11.3 Å². The second-order valence-electron chi connectivity index (χ2n) is 7.89. The van der Waals surface area contributed by atoms with Crippen LogP contribution in [0.25, 0.3) is 28.1 Å². The van der Waals surface area contributed by atoms with E-state index in [1.165, 1.54) is 0 Å². The van der Waals surface area contributed by atoms with Gasteiger partial charge in [-0.3, -0.25) is 4.98 Å². The van der Waals surface area contributed by atoms with E-state index in [0.29, 0.717) is 28.2 Å². The summed E-state index contributed by atoms with van der Waals surface area (Å²) in [5.41, 5.74) is 4.72. The highest BCUT2D eigenvalue weighted by molar-refractivity contribution is 6.08. The van der Waals surface area contributed by atoms with Gasteiger partial charge in [0.25, 0.3) is 0 Å². The Morgan fingerprint density at radius 2 is 1.31 bits per heavy atom. The number of benzene rings is 2. The molecule has 0 bridgehead atoms. The van der Waals surface area contributed by atoms with Crippen molar-refractivity contribution in [3.63, 3.8) is 0 Å². The number of rotatable bonds is 7. The summed E-state index contributed by atoms with van der Waals surface area (Å²) in [7, 11) is 0. The van der Waals surface area contributed by atoms with E-state index in [9.17, 15) is 9.59 Å². The number of esters is 2. The van der Waals surface area contributed by atoms with Crippen LogP contribution in [-0.4, -0.2) is 39.9 Å². The molecule has 0 amide bonds. The van der Waals surface area contributed by atoms with Crippen LogP contribution in [0, 0.1) is 13.8 Å². The van der Waals surface area contributed by atoms with E-state index in [1.807, 2.05) is 66.9 Å². The van der Waals surface area contributed by atoms with Crippen molar-refractivity contribution in [2.75, 3.05) is 13.2 Å². The lowest BCUT2D eigenvalue weighted by atomic mass is 9.91. The largest absolute Gasteiger partial charge is 0.462 e. The minimum atomic E-state index is -0.551. The zero-order chi connectivity index (χ0) is 24.9. The van der Waals surface area contributed by atoms with Crippen molar-refractivity contribution in [1.29, 1.82) is 0 Å². The van der Waals surface area contributed by atoms with Gasteiger partial charge in [-0.1, -0.05) is 48.5 Å². The Morgan fingerprint density at radius 3 is 1.83 bits per heavy atom. The van der Waals surface area contributed by atoms with E-state index < -0.39 is 11.9 Å². The highest BCUT2D eigenvalue weighted by Crippen LogP contribution is 2.38. The van der Waals surface area contributed by atoms with Gasteiger partial charge in [0, 0.05) is 22.9 Å². The molecule has 0 saturated heterocycles. The summed E-state index contributed by atoms with van der Waals surface area (Å²) >= 11 is 0. The van der Waals surface area contributed by atoms with E-state index in [1.54, 1.807) is 32.4 Å². The Labute approximate surface area is 204 Å². The maximum absolute atomic E-state index is 13.2. The highest BCUT2D eigenvalue weighted by atomic mass is 16.5. The molecule has 0 fully saturated rings. The van der Waals surface area contributed by atoms with Crippen molar-refractivity contribution in [2.24, 2.45) is 0 Å². The number of ether oxygens (including phenoxy) is 2. The number of hydrogen-bond acceptors (Lipinski definition) is 6. The Balaban J connectivity index is 2.11. The minimum Gasteiger partial charge on any atom is -0.462 e. The van der Waals surface area contributed by atoms with Crippen LogP contribution in [0.3, 0.4) is 0 Å². The standard InChI is InChI=1S/C28H27N3O4/c1-5-34-27(32)23-18(3)29-19(4)24(28(33)35-6-2)25(23)22-17-31(21-15-11-8-12-16-21)30-26(22)20-13-9-7-10-14-20/h7-17H,5-6H2,1-4H3. The Bertz CT molecular complexity index is 1320. The summed E-state index contributed by atoms with van der Waals surface area (Å²) in [6.45, 7) is 7.33. The molecule has 4 aromatic rings. The zero-order valence-corrected chi connectivity index (χ0v) is 20.2. The smallest absolute Gasteiger partial charge is 0.340 e. The molecule has 4 rings (SSSR count). The van der Waals surface area contributed by atoms with Crippen LogP contribution in [0.15, 0.2) is 66.9 Å². The van der Waals surface area contributed by atoms with Crippen LogP contribution >= 0.6 is 0 Å². The number of carbonyl (C=O) groups is 2. The molecule has 2 aromatic heterocycles. The van der Waals surface area contributed by atoms with Crippen molar-refractivity contribution < 1.29 is 19.1 Å². The molecule has 0 atom stereocenters. The average molecular weight is 470 g/mol. The molecule has 178 valence electrons. The van der Waals surface area contributed by atoms with E-state index in [4.69, 9.17) is 14.6 Å². The summed E-state index contributed by atoms with van der Waals surface area (Å²) < 4.78 is 12.5. The average Bonchev–Trinajstić information content (AvgIpc) is 3.30. The van der Waals surface area contributed by atoms with Crippen LogP contribution in [0.4, 0.5) is 0 Å². The molecule has 35 heavy (non-hydrogen) atoms. The van der Waals surface area contributed by atoms with Crippen LogP contribution in [0.2, 0.25) is 0 Å². The molecule has 0 N–H and O–H groups in total. The fraction of sp³-hybridized carbons (Fsp3) is 0.214. The Hall–Kier alpha value is -4.26. The molecule has 2 heterocycles. The third-order valence-electron chi connectivity index (χ3n) is 5.57. The Kier molecular flexibility index (Phi) is 7.06. The normalized spacial score (nSPS) is 10.7. The maximum Gasteiger partial charge on any atom is 0.340 e. The highest BCUT2D eigenvalue weighted by Gasteiger charge is 2.30.